The molecule has 8 nitrogen and oxygen atoms in total. The lowest BCUT2D eigenvalue weighted by Crippen LogP contribution is -2.42. The second kappa shape index (κ2) is 10.8. The van der Waals surface area contributed by atoms with E-state index in [1.807, 2.05) is 27.7 Å². The molecule has 3 aromatic heterocycles. The number of phenolic OH excluding ortho intramolecular Hbond substituents is 1. The summed E-state index contributed by atoms with van der Waals surface area (Å²) in [4.78, 5) is 41.4. The molecule has 1 fully saturated rings. The third-order valence-corrected chi connectivity index (χ3v) is 7.75. The first-order valence-corrected chi connectivity index (χ1v) is 13.5. The predicted molar refractivity (Wildman–Crippen MR) is 152 cm³/mol. The maximum Gasteiger partial charge on any atom is 0.354 e. The number of carbonyl (C=O) groups excluding carboxylic acids is 1. The highest BCUT2D eigenvalue weighted by Crippen LogP contribution is 2.39. The van der Waals surface area contributed by atoms with Crippen LogP contribution in [0.4, 0.5) is 8.78 Å². The van der Waals surface area contributed by atoms with Gasteiger partial charge in [0.05, 0.1) is 22.6 Å². The van der Waals surface area contributed by atoms with Crippen molar-refractivity contribution in [1.29, 1.82) is 0 Å². The van der Waals surface area contributed by atoms with Gasteiger partial charge in [-0.1, -0.05) is 33.4 Å². The molecule has 1 N–H and O–H groups in total. The molecule has 212 valence electrons. The van der Waals surface area contributed by atoms with Gasteiger partial charge in [0.1, 0.15) is 17.3 Å². The van der Waals surface area contributed by atoms with E-state index in [2.05, 4.69) is 21.5 Å². The van der Waals surface area contributed by atoms with Gasteiger partial charge in [-0.2, -0.15) is 4.98 Å². The molecule has 4 aromatic rings. The second-order valence-electron chi connectivity index (χ2n) is 10.8. The Kier molecular flexibility index (Phi) is 7.42. The van der Waals surface area contributed by atoms with Crippen LogP contribution >= 0.6 is 0 Å². The number of nitrogens with zero attached hydrogens (tertiary/aromatic N) is 5. The van der Waals surface area contributed by atoms with E-state index in [-0.39, 0.29) is 29.3 Å². The normalized spacial score (nSPS) is 17.3. The van der Waals surface area contributed by atoms with Gasteiger partial charge in [0.25, 0.3) is 0 Å². The summed E-state index contributed by atoms with van der Waals surface area (Å²) in [5.41, 5.74) is 0.800. The molecule has 0 bridgehead atoms. The van der Waals surface area contributed by atoms with E-state index in [1.54, 1.807) is 17.2 Å². The van der Waals surface area contributed by atoms with E-state index < -0.39 is 34.3 Å². The Morgan fingerprint density at radius 2 is 1.95 bits per heavy atom. The number of phenols is 1. The summed E-state index contributed by atoms with van der Waals surface area (Å²) in [5, 5.41) is 10.7. The number of amides is 1. The smallest absolute Gasteiger partial charge is 0.354 e. The Hall–Kier alpha value is -4.47. The highest BCUT2D eigenvalue weighted by Gasteiger charge is 2.33. The number of carbonyl (C=O) groups is 1. The fraction of sp³-hybridized carbons (Fsp3) is 0.323. The summed E-state index contributed by atoms with van der Waals surface area (Å²) in [5.74, 6) is -2.84. The van der Waals surface area contributed by atoms with Crippen LogP contribution in [0.1, 0.15) is 56.0 Å². The average molecular weight is 560 g/mol. The molecular weight excluding hydrogens is 528 g/mol. The van der Waals surface area contributed by atoms with Crippen molar-refractivity contribution in [3.63, 3.8) is 0 Å². The summed E-state index contributed by atoms with van der Waals surface area (Å²) in [6.07, 6.45) is 3.41. The molecule has 0 spiro atoms. The van der Waals surface area contributed by atoms with Crippen LogP contribution in [0.2, 0.25) is 0 Å². The van der Waals surface area contributed by atoms with Gasteiger partial charge in [-0.3, -0.25) is 9.78 Å². The third-order valence-electron chi connectivity index (χ3n) is 7.75. The SMILES string of the molecule is C=CC(=O)N1CCC(c2nc(=O)n(-c3c(C)ccnc3C(C)C)c3nc(-c4c(O)cccc4F)c(F)cc23)[C@@H](C)C1. The summed E-state index contributed by atoms with van der Waals surface area (Å²) in [6, 6.07) is 6.62. The molecule has 1 aliphatic heterocycles. The minimum atomic E-state index is -0.870. The number of rotatable bonds is 5. The molecule has 10 heteroatoms. The first-order valence-electron chi connectivity index (χ1n) is 13.5. The van der Waals surface area contributed by atoms with E-state index in [1.165, 1.54) is 28.8 Å². The van der Waals surface area contributed by atoms with Gasteiger partial charge in [0, 0.05) is 30.6 Å². The van der Waals surface area contributed by atoms with Crippen LogP contribution in [0.3, 0.4) is 0 Å². The number of hydrogen-bond donors (Lipinski definition) is 1. The standard InChI is InChI=1S/C31H31F2N5O3/c1-6-24(40)37-13-11-19(18(5)15-37)27-20-14-22(33)28(25-21(32)8-7-9-23(25)39)35-30(20)38(31(41)36-27)29-17(4)10-12-34-26(29)16(2)3/h6-10,12,14,16,18-19,39H,1,11,13,15H2,2-5H3/t18-,19?/m0/s1. The lowest BCUT2D eigenvalue weighted by molar-refractivity contribution is -0.127. The third kappa shape index (κ3) is 4.87. The van der Waals surface area contributed by atoms with Crippen LogP contribution in [0.5, 0.6) is 5.75 Å². The van der Waals surface area contributed by atoms with Crippen LogP contribution in [-0.4, -0.2) is 48.5 Å². The molecule has 1 unspecified atom stereocenters. The molecular formula is C31H31F2N5O3. The van der Waals surface area contributed by atoms with Gasteiger partial charge >= 0.3 is 5.69 Å². The van der Waals surface area contributed by atoms with Gasteiger partial charge < -0.3 is 10.0 Å². The number of fused-ring (bicyclic) bond motifs is 1. The zero-order chi connectivity index (χ0) is 29.6. The van der Waals surface area contributed by atoms with Crippen molar-refractivity contribution in [1.82, 2.24) is 24.4 Å². The quantitative estimate of drug-likeness (QED) is 0.329. The van der Waals surface area contributed by atoms with Crippen molar-refractivity contribution in [3.05, 3.63) is 88.3 Å². The first kappa shape index (κ1) is 28.1. The number of hydrogen-bond acceptors (Lipinski definition) is 6. The fourth-order valence-electron chi connectivity index (χ4n) is 5.71. The van der Waals surface area contributed by atoms with Crippen molar-refractivity contribution in [2.75, 3.05) is 13.1 Å². The summed E-state index contributed by atoms with van der Waals surface area (Å²) in [6.45, 7) is 12.1. The van der Waals surface area contributed by atoms with Crippen LogP contribution < -0.4 is 5.69 Å². The van der Waals surface area contributed by atoms with Gasteiger partial charge in [0.15, 0.2) is 11.5 Å². The van der Waals surface area contributed by atoms with E-state index in [9.17, 15) is 19.1 Å². The number of piperidine rings is 1. The maximum absolute atomic E-state index is 15.8. The highest BCUT2D eigenvalue weighted by molar-refractivity contribution is 5.87. The predicted octanol–water partition coefficient (Wildman–Crippen LogP) is 5.40. The molecule has 2 atom stereocenters. The van der Waals surface area contributed by atoms with Crippen LogP contribution in [0.25, 0.3) is 28.0 Å². The number of aryl methyl sites for hydroxylation is 1. The molecule has 5 rings (SSSR count). The zero-order valence-corrected chi connectivity index (χ0v) is 23.4. The topological polar surface area (TPSA) is 101 Å². The Morgan fingerprint density at radius 3 is 2.61 bits per heavy atom. The van der Waals surface area contributed by atoms with Crippen molar-refractivity contribution in [2.24, 2.45) is 5.92 Å². The van der Waals surface area contributed by atoms with Gasteiger partial charge in [-0.05, 0) is 61.1 Å². The summed E-state index contributed by atoms with van der Waals surface area (Å²) < 4.78 is 32.0. The first-order chi connectivity index (χ1) is 19.5. The van der Waals surface area contributed by atoms with Crippen LogP contribution in [-0.2, 0) is 4.79 Å². The maximum atomic E-state index is 15.8. The molecule has 0 aliphatic carbocycles. The fourth-order valence-corrected chi connectivity index (χ4v) is 5.71. The Morgan fingerprint density at radius 1 is 1.20 bits per heavy atom. The molecule has 1 aliphatic rings. The number of benzene rings is 1. The number of likely N-dealkylation sites (tertiary alicyclic amines) is 1. The number of aromatic hydroxyl groups is 1. The second-order valence-corrected chi connectivity index (χ2v) is 10.8. The molecule has 1 aromatic carbocycles. The van der Waals surface area contributed by atoms with E-state index in [0.717, 1.165) is 11.6 Å². The molecule has 1 amide bonds. The van der Waals surface area contributed by atoms with Crippen molar-refractivity contribution < 1.29 is 18.7 Å². The van der Waals surface area contributed by atoms with E-state index in [0.29, 0.717) is 42.0 Å². The summed E-state index contributed by atoms with van der Waals surface area (Å²) >= 11 is 0. The van der Waals surface area contributed by atoms with Crippen LogP contribution in [0.15, 0.2) is 54.0 Å². The van der Waals surface area contributed by atoms with Gasteiger partial charge in [-0.15, -0.1) is 0 Å². The number of pyridine rings is 2. The van der Waals surface area contributed by atoms with E-state index in [4.69, 9.17) is 0 Å². The lowest BCUT2D eigenvalue weighted by atomic mass is 9.83. The number of halogens is 2. The minimum absolute atomic E-state index is 0.0752. The average Bonchev–Trinajstić information content (AvgIpc) is 2.93. The minimum Gasteiger partial charge on any atom is -0.507 e. The Bertz CT molecular complexity index is 1730. The van der Waals surface area contributed by atoms with E-state index >= 15 is 4.39 Å². The largest absolute Gasteiger partial charge is 0.507 e. The lowest BCUT2D eigenvalue weighted by Gasteiger charge is -2.36. The van der Waals surface area contributed by atoms with Crippen molar-refractivity contribution in [3.8, 4) is 22.7 Å². The Balaban J connectivity index is 1.83. The highest BCUT2D eigenvalue weighted by atomic mass is 19.1. The molecule has 1 saturated heterocycles. The number of aromatic nitrogens is 4. The molecule has 0 radical (unpaired) electrons. The molecule has 4 heterocycles. The monoisotopic (exact) mass is 559 g/mol. The molecule has 41 heavy (non-hydrogen) atoms. The van der Waals surface area contributed by atoms with Crippen molar-refractivity contribution >= 4 is 16.9 Å². The zero-order valence-electron chi connectivity index (χ0n) is 23.4. The van der Waals surface area contributed by atoms with Crippen LogP contribution in [0, 0.1) is 24.5 Å². The molecule has 0 saturated carbocycles. The van der Waals surface area contributed by atoms with Gasteiger partial charge in [-0.25, -0.2) is 23.1 Å². The Labute approximate surface area is 236 Å². The summed E-state index contributed by atoms with van der Waals surface area (Å²) in [7, 11) is 0. The van der Waals surface area contributed by atoms with Crippen molar-refractivity contribution in [2.45, 2.75) is 46.0 Å². The van der Waals surface area contributed by atoms with Gasteiger partial charge in [0.2, 0.25) is 5.91 Å².